The van der Waals surface area contributed by atoms with Gasteiger partial charge in [-0.3, -0.25) is 5.32 Å². The van der Waals surface area contributed by atoms with E-state index < -0.39 is 0 Å². The summed E-state index contributed by atoms with van der Waals surface area (Å²) in [5, 5.41) is 12.2. The minimum absolute atomic E-state index is 0.275. The van der Waals surface area contributed by atoms with Crippen LogP contribution in [-0.4, -0.2) is 6.79 Å². The van der Waals surface area contributed by atoms with Gasteiger partial charge in [0.25, 0.3) is 5.82 Å². The first-order valence-corrected chi connectivity index (χ1v) is 5.90. The van der Waals surface area contributed by atoms with Gasteiger partial charge in [0.2, 0.25) is 6.79 Å². The van der Waals surface area contributed by atoms with E-state index in [1.807, 2.05) is 18.2 Å². The Bertz CT molecular complexity index is 649. The van der Waals surface area contributed by atoms with E-state index in [1.54, 1.807) is 18.3 Å². The lowest BCUT2D eigenvalue weighted by atomic mass is 10.2. The van der Waals surface area contributed by atoms with Crippen LogP contribution in [0.4, 0.5) is 5.82 Å². The van der Waals surface area contributed by atoms with E-state index >= 15 is 0 Å². The number of aromatic nitrogens is 1. The maximum atomic E-state index is 9.00. The summed E-state index contributed by atoms with van der Waals surface area (Å²) in [4.78, 5) is 3.02. The largest absolute Gasteiger partial charge is 0.454 e. The molecule has 2 heterocycles. The van der Waals surface area contributed by atoms with Crippen LogP contribution in [0.3, 0.4) is 0 Å². The summed E-state index contributed by atoms with van der Waals surface area (Å²) in [7, 11) is 0. The minimum Gasteiger partial charge on any atom is -0.454 e. The van der Waals surface area contributed by atoms with Crippen LogP contribution < -0.4 is 19.8 Å². The molecular formula is C14H12N3O2+. The molecule has 1 aromatic heterocycles. The molecule has 94 valence electrons. The highest BCUT2D eigenvalue weighted by atomic mass is 16.7. The van der Waals surface area contributed by atoms with Crippen molar-refractivity contribution in [3.63, 3.8) is 0 Å². The van der Waals surface area contributed by atoms with Crippen molar-refractivity contribution in [2.75, 3.05) is 12.1 Å². The number of aromatic amines is 1. The fraction of sp³-hybridized carbons (Fsp3) is 0.143. The highest BCUT2D eigenvalue weighted by molar-refractivity contribution is 5.49. The SMILES string of the molecule is N#Cc1ccc[nH+]c1NCc1ccc2c(c1)OCO2. The summed E-state index contributed by atoms with van der Waals surface area (Å²) in [6.07, 6.45) is 1.78. The van der Waals surface area contributed by atoms with Gasteiger partial charge < -0.3 is 9.47 Å². The third kappa shape index (κ3) is 2.29. The normalized spacial score (nSPS) is 11.9. The number of fused-ring (bicyclic) bond motifs is 1. The number of ether oxygens (including phenoxy) is 2. The van der Waals surface area contributed by atoms with Gasteiger partial charge in [-0.2, -0.15) is 5.26 Å². The van der Waals surface area contributed by atoms with Crippen LogP contribution in [-0.2, 0) is 6.54 Å². The van der Waals surface area contributed by atoms with E-state index in [-0.39, 0.29) is 6.79 Å². The number of nitrogens with one attached hydrogen (secondary N) is 2. The highest BCUT2D eigenvalue weighted by Crippen LogP contribution is 2.32. The number of pyridine rings is 1. The quantitative estimate of drug-likeness (QED) is 0.905. The van der Waals surface area contributed by atoms with Crippen molar-refractivity contribution in [3.8, 4) is 17.6 Å². The first kappa shape index (κ1) is 11.4. The third-order valence-electron chi connectivity index (χ3n) is 2.88. The number of nitrogens with zero attached hydrogens (tertiary/aromatic N) is 1. The van der Waals surface area contributed by atoms with Crippen molar-refractivity contribution >= 4 is 5.82 Å². The van der Waals surface area contributed by atoms with Gasteiger partial charge in [-0.1, -0.05) is 6.07 Å². The van der Waals surface area contributed by atoms with E-state index in [0.717, 1.165) is 17.1 Å². The van der Waals surface area contributed by atoms with Gasteiger partial charge in [0.1, 0.15) is 18.2 Å². The Hall–Kier alpha value is -2.74. The lowest BCUT2D eigenvalue weighted by molar-refractivity contribution is -0.361. The van der Waals surface area contributed by atoms with Crippen LogP contribution in [0.1, 0.15) is 11.1 Å². The minimum atomic E-state index is 0.275. The number of nitriles is 1. The summed E-state index contributed by atoms with van der Waals surface area (Å²) < 4.78 is 10.6. The molecule has 0 fully saturated rings. The van der Waals surface area contributed by atoms with Gasteiger partial charge in [-0.25, -0.2) is 4.98 Å². The molecule has 1 aliphatic heterocycles. The molecule has 0 bridgehead atoms. The molecule has 2 N–H and O–H groups in total. The molecule has 1 aliphatic rings. The predicted octanol–water partition coefficient (Wildman–Crippen LogP) is 1.71. The van der Waals surface area contributed by atoms with Crippen LogP contribution >= 0.6 is 0 Å². The van der Waals surface area contributed by atoms with Crippen molar-refractivity contribution in [3.05, 3.63) is 47.7 Å². The maximum Gasteiger partial charge on any atom is 0.290 e. The fourth-order valence-corrected chi connectivity index (χ4v) is 1.92. The smallest absolute Gasteiger partial charge is 0.290 e. The molecule has 0 amide bonds. The topological polar surface area (TPSA) is 68.4 Å². The molecule has 5 nitrogen and oxygen atoms in total. The second-order valence-electron chi connectivity index (χ2n) is 4.11. The molecule has 0 unspecified atom stereocenters. The van der Waals surface area contributed by atoms with E-state index in [9.17, 15) is 0 Å². The average Bonchev–Trinajstić information content (AvgIpc) is 2.93. The first-order chi connectivity index (χ1) is 9.36. The number of anilines is 1. The Labute approximate surface area is 110 Å². The summed E-state index contributed by atoms with van der Waals surface area (Å²) in [5.41, 5.74) is 1.65. The molecule has 19 heavy (non-hydrogen) atoms. The summed E-state index contributed by atoms with van der Waals surface area (Å²) in [5.74, 6) is 2.24. The summed E-state index contributed by atoms with van der Waals surface area (Å²) in [6, 6.07) is 11.5. The molecule has 0 radical (unpaired) electrons. The Morgan fingerprint density at radius 1 is 1.26 bits per heavy atom. The molecule has 2 aromatic rings. The predicted molar refractivity (Wildman–Crippen MR) is 67.6 cm³/mol. The van der Waals surface area contributed by atoms with Crippen LogP contribution in [0.5, 0.6) is 11.5 Å². The molecule has 3 rings (SSSR count). The van der Waals surface area contributed by atoms with Gasteiger partial charge in [-0.15, -0.1) is 0 Å². The van der Waals surface area contributed by atoms with Crippen molar-refractivity contribution in [1.82, 2.24) is 0 Å². The van der Waals surface area contributed by atoms with E-state index in [4.69, 9.17) is 14.7 Å². The number of H-pyrrole nitrogens is 1. The number of hydrogen-bond donors (Lipinski definition) is 1. The fourth-order valence-electron chi connectivity index (χ4n) is 1.92. The monoisotopic (exact) mass is 254 g/mol. The van der Waals surface area contributed by atoms with Crippen LogP contribution in [0.2, 0.25) is 0 Å². The molecule has 0 atom stereocenters. The molecule has 1 aromatic carbocycles. The average molecular weight is 254 g/mol. The summed E-state index contributed by atoms with van der Waals surface area (Å²) >= 11 is 0. The standard InChI is InChI=1S/C14H11N3O2/c15-7-11-2-1-5-16-14(11)17-8-10-3-4-12-13(6-10)19-9-18-12/h1-6H,8-9H2,(H,16,17)/p+1. The Balaban J connectivity index is 1.74. The Morgan fingerprint density at radius 3 is 3.05 bits per heavy atom. The maximum absolute atomic E-state index is 9.00. The van der Waals surface area contributed by atoms with Gasteiger partial charge >= 0.3 is 0 Å². The highest BCUT2D eigenvalue weighted by Gasteiger charge is 2.14. The lowest BCUT2D eigenvalue weighted by Gasteiger charge is -2.02. The zero-order valence-corrected chi connectivity index (χ0v) is 10.1. The number of benzene rings is 1. The number of rotatable bonds is 3. The van der Waals surface area contributed by atoms with Crippen molar-refractivity contribution in [1.29, 1.82) is 5.26 Å². The molecule has 0 spiro atoms. The van der Waals surface area contributed by atoms with Gasteiger partial charge in [0.05, 0.1) is 6.20 Å². The Kier molecular flexibility index (Phi) is 2.91. The molecule has 0 saturated heterocycles. The zero-order valence-electron chi connectivity index (χ0n) is 10.1. The molecular weight excluding hydrogens is 242 g/mol. The van der Waals surface area contributed by atoms with E-state index in [1.165, 1.54) is 0 Å². The van der Waals surface area contributed by atoms with Crippen LogP contribution in [0.25, 0.3) is 0 Å². The van der Waals surface area contributed by atoms with E-state index in [2.05, 4.69) is 16.4 Å². The lowest BCUT2D eigenvalue weighted by Crippen LogP contribution is -2.14. The van der Waals surface area contributed by atoms with Gasteiger partial charge in [-0.05, 0) is 29.8 Å². The molecule has 0 saturated carbocycles. The van der Waals surface area contributed by atoms with Crippen LogP contribution in [0.15, 0.2) is 36.5 Å². The zero-order chi connectivity index (χ0) is 13.1. The van der Waals surface area contributed by atoms with Crippen LogP contribution in [0, 0.1) is 11.3 Å². The second kappa shape index (κ2) is 4.86. The third-order valence-corrected chi connectivity index (χ3v) is 2.88. The van der Waals surface area contributed by atoms with E-state index in [0.29, 0.717) is 17.9 Å². The number of hydrogen-bond acceptors (Lipinski definition) is 4. The Morgan fingerprint density at radius 2 is 2.16 bits per heavy atom. The molecule has 0 aliphatic carbocycles. The first-order valence-electron chi connectivity index (χ1n) is 5.90. The molecule has 5 heteroatoms. The van der Waals surface area contributed by atoms with Gasteiger partial charge in [0, 0.05) is 0 Å². The summed E-state index contributed by atoms with van der Waals surface area (Å²) in [6.45, 7) is 0.878. The van der Waals surface area contributed by atoms with Crippen molar-refractivity contribution < 1.29 is 14.5 Å². The van der Waals surface area contributed by atoms with Gasteiger partial charge in [0.15, 0.2) is 11.5 Å². The second-order valence-corrected chi connectivity index (χ2v) is 4.11. The van der Waals surface area contributed by atoms with Crippen molar-refractivity contribution in [2.45, 2.75) is 6.54 Å². The van der Waals surface area contributed by atoms with Crippen molar-refractivity contribution in [2.24, 2.45) is 0 Å².